The van der Waals surface area contributed by atoms with Gasteiger partial charge in [-0.25, -0.2) is 4.98 Å². The van der Waals surface area contributed by atoms with Crippen molar-refractivity contribution in [1.29, 1.82) is 0 Å². The number of anilines is 2. The molecule has 0 radical (unpaired) electrons. The number of hydrogen-bond donors (Lipinski definition) is 3. The molecule has 3 aromatic rings. The Bertz CT molecular complexity index is 1190. The predicted molar refractivity (Wildman–Crippen MR) is 117 cm³/mol. The Labute approximate surface area is 178 Å². The average molecular weight is 427 g/mol. The van der Waals surface area contributed by atoms with Crippen LogP contribution >= 0.6 is 11.6 Å². The van der Waals surface area contributed by atoms with Crippen molar-refractivity contribution in [2.75, 3.05) is 18.1 Å². The van der Waals surface area contributed by atoms with E-state index >= 15 is 0 Å². The molecule has 1 saturated carbocycles. The summed E-state index contributed by atoms with van der Waals surface area (Å²) in [5.74, 6) is 0.790. The second kappa shape index (κ2) is 7.23. The van der Waals surface area contributed by atoms with Gasteiger partial charge in [0.15, 0.2) is 0 Å². The summed E-state index contributed by atoms with van der Waals surface area (Å²) in [4.78, 5) is 21.8. The van der Waals surface area contributed by atoms with Crippen LogP contribution in [0.1, 0.15) is 49.2 Å². The van der Waals surface area contributed by atoms with Gasteiger partial charge in [0, 0.05) is 23.5 Å². The first kappa shape index (κ1) is 19.3. The van der Waals surface area contributed by atoms with E-state index in [0.717, 1.165) is 29.5 Å². The molecular formula is C21H23ClN6O2. The summed E-state index contributed by atoms with van der Waals surface area (Å²) in [6, 6.07) is 7.58. The Morgan fingerprint density at radius 1 is 1.37 bits per heavy atom. The van der Waals surface area contributed by atoms with Gasteiger partial charge in [0.1, 0.15) is 18.1 Å². The molecule has 0 bridgehead atoms. The smallest absolute Gasteiger partial charge is 0.260 e. The second-order valence-corrected chi connectivity index (χ2v) is 8.25. The van der Waals surface area contributed by atoms with Crippen LogP contribution in [0.5, 0.6) is 0 Å². The summed E-state index contributed by atoms with van der Waals surface area (Å²) < 4.78 is 7.52. The van der Waals surface area contributed by atoms with E-state index in [1.54, 1.807) is 12.3 Å². The fourth-order valence-corrected chi connectivity index (χ4v) is 4.24. The summed E-state index contributed by atoms with van der Waals surface area (Å²) in [7, 11) is 1.84. The van der Waals surface area contributed by atoms with Gasteiger partial charge in [0.2, 0.25) is 5.95 Å². The number of nitrogen functional groups attached to an aromatic ring is 1. The first-order valence-electron chi connectivity index (χ1n) is 10.0. The number of nitrogens with two attached hydrogens (primary N) is 1. The Balaban J connectivity index is 1.57. The van der Waals surface area contributed by atoms with Gasteiger partial charge in [-0.3, -0.25) is 10.1 Å². The van der Waals surface area contributed by atoms with Crippen molar-refractivity contribution in [1.82, 2.24) is 19.9 Å². The number of pyridine rings is 1. The molecule has 5 rings (SSSR count). The van der Waals surface area contributed by atoms with Gasteiger partial charge in [-0.2, -0.15) is 4.98 Å². The van der Waals surface area contributed by atoms with E-state index in [1.807, 2.05) is 36.7 Å². The van der Waals surface area contributed by atoms with E-state index in [2.05, 4.69) is 20.6 Å². The van der Waals surface area contributed by atoms with Crippen molar-refractivity contribution in [2.24, 2.45) is 0 Å². The van der Waals surface area contributed by atoms with Crippen molar-refractivity contribution in [3.8, 4) is 0 Å². The van der Waals surface area contributed by atoms with Crippen molar-refractivity contribution >= 4 is 34.1 Å². The largest absolute Gasteiger partial charge is 0.368 e. The standard InChI is InChI=1S/C21H23ClN6O2/c1-10(26-18-13(9-25-21(23)27-18)17-19(24-2)30-17)15-8-11-4-3-5-14(22)16(11)20(29)28(15)12-6-7-12/h3-5,8-10,12,17,19,24H,6-7H2,1-2H3,(H3,23,25,26,27). The molecule has 1 saturated heterocycles. The van der Waals surface area contributed by atoms with Gasteiger partial charge >= 0.3 is 0 Å². The molecule has 2 aromatic heterocycles. The third kappa shape index (κ3) is 3.30. The number of aromatic nitrogens is 3. The number of nitrogens with one attached hydrogen (secondary N) is 2. The van der Waals surface area contributed by atoms with Crippen LogP contribution in [0.15, 0.2) is 35.3 Å². The van der Waals surface area contributed by atoms with Gasteiger partial charge in [-0.05, 0) is 44.3 Å². The minimum absolute atomic E-state index is 0.0487. The Hall–Kier alpha value is -2.68. The molecule has 0 spiro atoms. The molecule has 3 heterocycles. The van der Waals surface area contributed by atoms with E-state index in [9.17, 15) is 4.79 Å². The van der Waals surface area contributed by atoms with Crippen molar-refractivity contribution in [3.63, 3.8) is 0 Å². The number of epoxide rings is 1. The first-order valence-corrected chi connectivity index (χ1v) is 10.4. The van der Waals surface area contributed by atoms with Crippen molar-refractivity contribution in [2.45, 2.75) is 44.2 Å². The number of nitrogens with zero attached hydrogens (tertiary/aromatic N) is 3. The number of fused-ring (bicyclic) bond motifs is 1. The molecule has 1 aromatic carbocycles. The third-order valence-corrected chi connectivity index (χ3v) is 6.00. The monoisotopic (exact) mass is 426 g/mol. The Morgan fingerprint density at radius 2 is 2.17 bits per heavy atom. The number of ether oxygens (including phenoxy) is 1. The van der Waals surface area contributed by atoms with E-state index in [1.165, 1.54) is 0 Å². The number of benzene rings is 1. The lowest BCUT2D eigenvalue weighted by Gasteiger charge is -2.22. The van der Waals surface area contributed by atoms with Gasteiger partial charge in [0.05, 0.1) is 16.5 Å². The molecule has 3 atom stereocenters. The van der Waals surface area contributed by atoms with Crippen LogP contribution in [0.3, 0.4) is 0 Å². The SMILES string of the molecule is CNC1OC1c1cnc(N)nc1NC(C)c1cc2cccc(Cl)c2c(=O)n1C1CC1. The lowest BCUT2D eigenvalue weighted by Crippen LogP contribution is -2.26. The zero-order chi connectivity index (χ0) is 21.0. The van der Waals surface area contributed by atoms with Crippen LogP contribution in [0.4, 0.5) is 11.8 Å². The number of rotatable bonds is 6. The highest BCUT2D eigenvalue weighted by Gasteiger charge is 2.41. The lowest BCUT2D eigenvalue weighted by molar-refractivity contribution is 0.356. The van der Waals surface area contributed by atoms with Crippen molar-refractivity contribution in [3.05, 3.63) is 57.1 Å². The molecule has 3 unspecified atom stereocenters. The van der Waals surface area contributed by atoms with Gasteiger partial charge in [0.25, 0.3) is 5.56 Å². The van der Waals surface area contributed by atoms with Gasteiger partial charge < -0.3 is 20.4 Å². The maximum absolute atomic E-state index is 13.3. The molecule has 8 nitrogen and oxygen atoms in total. The number of likely N-dealkylation sites (N-methyl/N-ethyl adjacent to an activating group) is 1. The predicted octanol–water partition coefficient (Wildman–Crippen LogP) is 3.15. The minimum Gasteiger partial charge on any atom is -0.368 e. The molecular weight excluding hydrogens is 404 g/mol. The highest BCUT2D eigenvalue weighted by Crippen LogP contribution is 2.41. The van der Waals surface area contributed by atoms with Crippen LogP contribution in [-0.2, 0) is 4.74 Å². The molecule has 2 fully saturated rings. The first-order chi connectivity index (χ1) is 14.5. The molecule has 1 aliphatic heterocycles. The van der Waals surface area contributed by atoms with E-state index in [0.29, 0.717) is 16.2 Å². The summed E-state index contributed by atoms with van der Waals surface area (Å²) >= 11 is 6.35. The van der Waals surface area contributed by atoms with Gasteiger partial charge in [-0.1, -0.05) is 23.7 Å². The zero-order valence-electron chi connectivity index (χ0n) is 16.7. The summed E-state index contributed by atoms with van der Waals surface area (Å²) in [5.41, 5.74) is 7.52. The fourth-order valence-electron chi connectivity index (χ4n) is 3.97. The maximum atomic E-state index is 13.3. The molecule has 4 N–H and O–H groups in total. The van der Waals surface area contributed by atoms with E-state index in [4.69, 9.17) is 22.1 Å². The zero-order valence-corrected chi connectivity index (χ0v) is 17.5. The van der Waals surface area contributed by atoms with Crippen molar-refractivity contribution < 1.29 is 4.74 Å². The number of hydrogen-bond acceptors (Lipinski definition) is 7. The van der Waals surface area contributed by atoms with Crippen LogP contribution in [0.25, 0.3) is 10.8 Å². The summed E-state index contributed by atoms with van der Waals surface area (Å²) in [6.45, 7) is 2.01. The quantitative estimate of drug-likeness (QED) is 0.519. The Kier molecular flexibility index (Phi) is 4.65. The van der Waals surface area contributed by atoms with Crippen LogP contribution in [0, 0.1) is 0 Å². The Morgan fingerprint density at radius 3 is 2.87 bits per heavy atom. The lowest BCUT2D eigenvalue weighted by atomic mass is 10.1. The molecule has 0 amide bonds. The highest BCUT2D eigenvalue weighted by molar-refractivity contribution is 6.35. The highest BCUT2D eigenvalue weighted by atomic mass is 35.5. The van der Waals surface area contributed by atoms with Crippen LogP contribution in [-0.4, -0.2) is 27.8 Å². The van der Waals surface area contributed by atoms with E-state index in [-0.39, 0.29) is 35.9 Å². The molecule has 30 heavy (non-hydrogen) atoms. The topological polar surface area (TPSA) is 110 Å². The minimum atomic E-state index is -0.193. The summed E-state index contributed by atoms with van der Waals surface area (Å²) in [6.07, 6.45) is 3.46. The second-order valence-electron chi connectivity index (χ2n) is 7.84. The van der Waals surface area contributed by atoms with Gasteiger partial charge in [-0.15, -0.1) is 0 Å². The normalized spacial score (nSPS) is 21.6. The average Bonchev–Trinajstić information content (AvgIpc) is 3.62. The molecule has 1 aliphatic carbocycles. The summed E-state index contributed by atoms with van der Waals surface area (Å²) in [5, 5.41) is 8.39. The van der Waals surface area contributed by atoms with Crippen LogP contribution < -0.4 is 21.9 Å². The molecule has 2 aliphatic rings. The number of halogens is 1. The van der Waals surface area contributed by atoms with Crippen LogP contribution in [0.2, 0.25) is 5.02 Å². The maximum Gasteiger partial charge on any atom is 0.260 e. The molecule has 9 heteroatoms. The molecule has 156 valence electrons. The third-order valence-electron chi connectivity index (χ3n) is 5.69. The van der Waals surface area contributed by atoms with E-state index < -0.39 is 0 Å². The fraction of sp³-hybridized carbons (Fsp3) is 0.381.